The average molecular weight is 344 g/mol. The first-order chi connectivity index (χ1) is 9.96. The van der Waals surface area contributed by atoms with Gasteiger partial charge in [0.15, 0.2) is 0 Å². The van der Waals surface area contributed by atoms with Gasteiger partial charge in [0.2, 0.25) is 0 Å². The molecule has 114 valence electrons. The van der Waals surface area contributed by atoms with Gasteiger partial charge in [-0.15, -0.1) is 0 Å². The quantitative estimate of drug-likeness (QED) is 0.703. The SMILES string of the molecule is CC1(C)CCCC(Nc2c(Cl)cc(Cl)c3nsnc23)CC1. The molecule has 1 atom stereocenters. The molecule has 0 bridgehead atoms. The van der Waals surface area contributed by atoms with E-state index in [4.69, 9.17) is 23.2 Å². The Hall–Kier alpha value is -0.580. The van der Waals surface area contributed by atoms with Crippen molar-refractivity contribution in [1.29, 1.82) is 0 Å². The normalized spacial score (nSPS) is 22.2. The Balaban J connectivity index is 1.86. The van der Waals surface area contributed by atoms with Gasteiger partial charge in [0, 0.05) is 6.04 Å². The van der Waals surface area contributed by atoms with Crippen LogP contribution in [0.1, 0.15) is 46.0 Å². The molecule has 0 aliphatic heterocycles. The van der Waals surface area contributed by atoms with Crippen molar-refractivity contribution in [2.75, 3.05) is 5.32 Å². The highest BCUT2D eigenvalue weighted by Gasteiger charge is 2.25. The summed E-state index contributed by atoms with van der Waals surface area (Å²) in [6.07, 6.45) is 6.09. The summed E-state index contributed by atoms with van der Waals surface area (Å²) < 4.78 is 8.61. The maximum absolute atomic E-state index is 6.37. The molecule has 1 unspecified atom stereocenters. The first-order valence-electron chi connectivity index (χ1n) is 7.33. The van der Waals surface area contributed by atoms with Crippen molar-refractivity contribution in [3.8, 4) is 0 Å². The summed E-state index contributed by atoms with van der Waals surface area (Å²) in [7, 11) is 0. The number of rotatable bonds is 2. The number of halogens is 2. The Labute approximate surface area is 139 Å². The summed E-state index contributed by atoms with van der Waals surface area (Å²) >= 11 is 13.7. The van der Waals surface area contributed by atoms with Gasteiger partial charge < -0.3 is 5.32 Å². The molecule has 0 radical (unpaired) electrons. The second kappa shape index (κ2) is 5.90. The van der Waals surface area contributed by atoms with E-state index in [0.717, 1.165) is 23.1 Å². The van der Waals surface area contributed by atoms with E-state index < -0.39 is 0 Å². The predicted molar refractivity (Wildman–Crippen MR) is 91.7 cm³/mol. The topological polar surface area (TPSA) is 37.8 Å². The number of benzene rings is 1. The summed E-state index contributed by atoms with van der Waals surface area (Å²) in [5, 5.41) is 4.79. The molecular formula is C15H19Cl2N3S. The van der Waals surface area contributed by atoms with Crippen LogP contribution in [-0.4, -0.2) is 14.8 Å². The van der Waals surface area contributed by atoms with Crippen molar-refractivity contribution in [2.24, 2.45) is 5.41 Å². The Morgan fingerprint density at radius 2 is 1.90 bits per heavy atom. The largest absolute Gasteiger partial charge is 0.379 e. The fourth-order valence-corrected chi connectivity index (χ4v) is 4.19. The van der Waals surface area contributed by atoms with Crippen molar-refractivity contribution >= 4 is 51.7 Å². The Morgan fingerprint density at radius 1 is 1.14 bits per heavy atom. The Bertz CT molecular complexity index is 654. The third-order valence-corrected chi connectivity index (χ3v) is 5.48. The molecule has 3 rings (SSSR count). The molecule has 0 amide bonds. The van der Waals surface area contributed by atoms with Gasteiger partial charge in [-0.1, -0.05) is 43.5 Å². The van der Waals surface area contributed by atoms with Crippen LogP contribution in [0.5, 0.6) is 0 Å². The molecule has 1 fully saturated rings. The second-order valence-electron chi connectivity index (χ2n) is 6.61. The lowest BCUT2D eigenvalue weighted by Gasteiger charge is -2.22. The molecule has 0 saturated heterocycles. The zero-order valence-electron chi connectivity index (χ0n) is 12.2. The lowest BCUT2D eigenvalue weighted by atomic mass is 9.85. The Morgan fingerprint density at radius 3 is 2.71 bits per heavy atom. The van der Waals surface area contributed by atoms with Gasteiger partial charge in [-0.2, -0.15) is 8.75 Å². The summed E-state index contributed by atoms with van der Waals surface area (Å²) in [6.45, 7) is 4.71. The van der Waals surface area contributed by atoms with Crippen molar-refractivity contribution in [1.82, 2.24) is 8.75 Å². The fraction of sp³-hybridized carbons (Fsp3) is 0.600. The zero-order chi connectivity index (χ0) is 15.0. The van der Waals surface area contributed by atoms with Crippen LogP contribution in [0.15, 0.2) is 6.07 Å². The van der Waals surface area contributed by atoms with Crippen LogP contribution in [0, 0.1) is 5.41 Å². The standard InChI is InChI=1S/C15H19Cl2N3S/c1-15(2)6-3-4-9(5-7-15)18-12-10(16)8-11(17)13-14(12)20-21-19-13/h8-9,18H,3-7H2,1-2H3. The maximum Gasteiger partial charge on any atom is 0.130 e. The Kier molecular flexibility index (Phi) is 4.30. The maximum atomic E-state index is 6.37. The van der Waals surface area contributed by atoms with E-state index in [1.807, 2.05) is 0 Å². The molecule has 2 aromatic rings. The van der Waals surface area contributed by atoms with Gasteiger partial charge in [0.25, 0.3) is 0 Å². The minimum absolute atomic E-state index is 0.440. The van der Waals surface area contributed by atoms with Crippen molar-refractivity contribution in [3.63, 3.8) is 0 Å². The van der Waals surface area contributed by atoms with Crippen LogP contribution < -0.4 is 5.32 Å². The summed E-state index contributed by atoms with van der Waals surface area (Å²) in [6, 6.07) is 2.20. The summed E-state index contributed by atoms with van der Waals surface area (Å²) in [5.74, 6) is 0. The lowest BCUT2D eigenvalue weighted by Crippen LogP contribution is -2.19. The van der Waals surface area contributed by atoms with E-state index in [1.54, 1.807) is 6.07 Å². The minimum atomic E-state index is 0.440. The number of hydrogen-bond acceptors (Lipinski definition) is 4. The number of hydrogen-bond donors (Lipinski definition) is 1. The second-order valence-corrected chi connectivity index (χ2v) is 7.96. The molecular weight excluding hydrogens is 325 g/mol. The molecule has 1 heterocycles. The van der Waals surface area contributed by atoms with Gasteiger partial charge >= 0.3 is 0 Å². The van der Waals surface area contributed by atoms with Crippen LogP contribution in [0.25, 0.3) is 11.0 Å². The molecule has 1 saturated carbocycles. The van der Waals surface area contributed by atoms with E-state index in [9.17, 15) is 0 Å². The van der Waals surface area contributed by atoms with Gasteiger partial charge in [-0.3, -0.25) is 0 Å². The molecule has 3 nitrogen and oxygen atoms in total. The number of aromatic nitrogens is 2. The molecule has 1 aliphatic carbocycles. The smallest absolute Gasteiger partial charge is 0.130 e. The molecule has 1 aromatic carbocycles. The molecule has 1 aliphatic rings. The summed E-state index contributed by atoms with van der Waals surface area (Å²) in [5.41, 5.74) is 2.86. The van der Waals surface area contributed by atoms with E-state index in [0.29, 0.717) is 21.5 Å². The van der Waals surface area contributed by atoms with E-state index in [2.05, 4.69) is 27.9 Å². The fourth-order valence-electron chi connectivity index (χ4n) is 3.02. The summed E-state index contributed by atoms with van der Waals surface area (Å²) in [4.78, 5) is 0. The zero-order valence-corrected chi connectivity index (χ0v) is 14.6. The van der Waals surface area contributed by atoms with E-state index in [-0.39, 0.29) is 0 Å². The molecule has 1 N–H and O–H groups in total. The predicted octanol–water partition coefficient (Wildman–Crippen LogP) is 5.77. The van der Waals surface area contributed by atoms with E-state index in [1.165, 1.54) is 37.4 Å². The third kappa shape index (κ3) is 3.27. The minimum Gasteiger partial charge on any atom is -0.379 e. The van der Waals surface area contributed by atoms with Gasteiger partial charge in [0.1, 0.15) is 11.0 Å². The van der Waals surface area contributed by atoms with Crippen molar-refractivity contribution < 1.29 is 0 Å². The first kappa shape index (κ1) is 15.3. The van der Waals surface area contributed by atoms with Crippen molar-refractivity contribution in [3.05, 3.63) is 16.1 Å². The van der Waals surface area contributed by atoms with Crippen LogP contribution in [0.3, 0.4) is 0 Å². The van der Waals surface area contributed by atoms with Crippen LogP contribution >= 0.6 is 34.9 Å². The third-order valence-electron chi connectivity index (χ3n) is 4.37. The van der Waals surface area contributed by atoms with Crippen LogP contribution in [0.2, 0.25) is 10.0 Å². The molecule has 6 heteroatoms. The lowest BCUT2D eigenvalue weighted by molar-refractivity contribution is 0.313. The highest BCUT2D eigenvalue weighted by Crippen LogP contribution is 2.38. The van der Waals surface area contributed by atoms with Gasteiger partial charge in [-0.25, -0.2) is 0 Å². The number of nitrogens with one attached hydrogen (secondary N) is 1. The number of fused-ring (bicyclic) bond motifs is 1. The van der Waals surface area contributed by atoms with Crippen LogP contribution in [0.4, 0.5) is 5.69 Å². The highest BCUT2D eigenvalue weighted by molar-refractivity contribution is 7.00. The molecule has 21 heavy (non-hydrogen) atoms. The highest BCUT2D eigenvalue weighted by atomic mass is 35.5. The monoisotopic (exact) mass is 343 g/mol. The first-order valence-corrected chi connectivity index (χ1v) is 8.82. The average Bonchev–Trinajstić information content (AvgIpc) is 2.83. The molecule has 0 spiro atoms. The van der Waals surface area contributed by atoms with Gasteiger partial charge in [0.05, 0.1) is 27.5 Å². The van der Waals surface area contributed by atoms with Crippen LogP contribution in [-0.2, 0) is 0 Å². The number of nitrogens with zero attached hydrogens (tertiary/aromatic N) is 2. The van der Waals surface area contributed by atoms with Gasteiger partial charge in [-0.05, 0) is 37.2 Å². The molecule has 1 aromatic heterocycles. The van der Waals surface area contributed by atoms with Crippen molar-refractivity contribution in [2.45, 2.75) is 52.0 Å². The number of anilines is 1. The van der Waals surface area contributed by atoms with E-state index >= 15 is 0 Å².